The summed E-state index contributed by atoms with van der Waals surface area (Å²) in [6, 6.07) is 7.49. The summed E-state index contributed by atoms with van der Waals surface area (Å²) in [6.45, 7) is 1.74. The molecule has 0 saturated heterocycles. The first kappa shape index (κ1) is 12.0. The van der Waals surface area contributed by atoms with Crippen LogP contribution < -0.4 is 10.3 Å². The van der Waals surface area contributed by atoms with Crippen molar-refractivity contribution in [1.82, 2.24) is 9.97 Å². The summed E-state index contributed by atoms with van der Waals surface area (Å²) in [5.74, 6) is 1.65. The third-order valence-corrected chi connectivity index (χ3v) is 3.38. The molecule has 0 radical (unpaired) electrons. The Labute approximate surface area is 111 Å². The van der Waals surface area contributed by atoms with Crippen LogP contribution in [0.4, 0.5) is 0 Å². The van der Waals surface area contributed by atoms with Crippen LogP contribution in [0.15, 0.2) is 29.1 Å². The zero-order chi connectivity index (χ0) is 13.2. The van der Waals surface area contributed by atoms with Gasteiger partial charge in [0.1, 0.15) is 11.6 Å². The lowest BCUT2D eigenvalue weighted by Crippen LogP contribution is -2.08. The Kier molecular flexibility index (Phi) is 3.07. The summed E-state index contributed by atoms with van der Waals surface area (Å²) in [6.07, 6.45) is 4.76. The Morgan fingerprint density at radius 3 is 2.74 bits per heavy atom. The average molecular weight is 256 g/mol. The smallest absolute Gasteiger partial charge is 0.254 e. The molecule has 1 aromatic heterocycles. The average Bonchev–Trinajstić information content (AvgIpc) is 2.37. The van der Waals surface area contributed by atoms with Crippen molar-refractivity contribution in [2.75, 3.05) is 0 Å². The number of hydrogen-bond acceptors (Lipinski definition) is 3. The Morgan fingerprint density at radius 2 is 1.95 bits per heavy atom. The number of H-pyrrole nitrogens is 1. The lowest BCUT2D eigenvalue weighted by Gasteiger charge is -2.16. The van der Waals surface area contributed by atoms with Gasteiger partial charge in [0.05, 0.1) is 6.07 Å². The molecule has 4 nitrogen and oxygen atoms in total. The lowest BCUT2D eigenvalue weighted by molar-refractivity contribution is 0.457. The molecule has 1 aliphatic rings. The van der Waals surface area contributed by atoms with Crippen molar-refractivity contribution >= 4 is 0 Å². The van der Waals surface area contributed by atoms with Gasteiger partial charge in [-0.1, -0.05) is 6.07 Å². The molecule has 1 aliphatic carbocycles. The summed E-state index contributed by atoms with van der Waals surface area (Å²) in [5.41, 5.74) is 2.57. The first-order valence-electron chi connectivity index (χ1n) is 6.58. The third kappa shape index (κ3) is 2.67. The Bertz CT molecular complexity index is 661. The van der Waals surface area contributed by atoms with Crippen LogP contribution in [0.2, 0.25) is 0 Å². The van der Waals surface area contributed by atoms with Crippen LogP contribution in [0, 0.1) is 6.92 Å². The van der Waals surface area contributed by atoms with Gasteiger partial charge in [0, 0.05) is 0 Å². The fraction of sp³-hybridized carbons (Fsp3) is 0.333. The fourth-order valence-corrected chi connectivity index (χ4v) is 2.50. The number of rotatable bonds is 2. The topological polar surface area (TPSA) is 55.0 Å². The quantitative estimate of drug-likeness (QED) is 0.898. The van der Waals surface area contributed by atoms with Crippen molar-refractivity contribution < 1.29 is 4.74 Å². The molecule has 0 atom stereocenters. The lowest BCUT2D eigenvalue weighted by atomic mass is 9.92. The van der Waals surface area contributed by atoms with Crippen LogP contribution in [-0.2, 0) is 12.8 Å². The number of hydrogen-bond donors (Lipinski definition) is 1. The Morgan fingerprint density at radius 1 is 1.16 bits per heavy atom. The van der Waals surface area contributed by atoms with E-state index in [-0.39, 0.29) is 5.56 Å². The van der Waals surface area contributed by atoms with Gasteiger partial charge < -0.3 is 9.72 Å². The first-order chi connectivity index (χ1) is 9.20. The molecule has 0 fully saturated rings. The molecule has 98 valence electrons. The number of ether oxygens (including phenoxy) is 1. The molecule has 1 aromatic carbocycles. The molecule has 1 heterocycles. The summed E-state index contributed by atoms with van der Waals surface area (Å²) >= 11 is 0. The van der Waals surface area contributed by atoms with E-state index in [0.717, 1.165) is 18.6 Å². The second-order valence-corrected chi connectivity index (χ2v) is 4.91. The van der Waals surface area contributed by atoms with Gasteiger partial charge in [0.25, 0.3) is 5.56 Å². The van der Waals surface area contributed by atoms with Crippen molar-refractivity contribution in [3.8, 4) is 11.6 Å². The van der Waals surface area contributed by atoms with Crippen LogP contribution in [-0.4, -0.2) is 9.97 Å². The van der Waals surface area contributed by atoms with E-state index in [1.807, 2.05) is 6.07 Å². The van der Waals surface area contributed by atoms with Crippen LogP contribution >= 0.6 is 0 Å². The molecule has 3 rings (SSSR count). The van der Waals surface area contributed by atoms with Crippen LogP contribution in [0.25, 0.3) is 0 Å². The number of benzene rings is 1. The molecule has 1 N–H and O–H groups in total. The number of aromatic nitrogens is 2. The molecule has 19 heavy (non-hydrogen) atoms. The van der Waals surface area contributed by atoms with Gasteiger partial charge in [-0.15, -0.1) is 0 Å². The van der Waals surface area contributed by atoms with Gasteiger partial charge in [-0.2, -0.15) is 0 Å². The maximum Gasteiger partial charge on any atom is 0.254 e. The van der Waals surface area contributed by atoms with E-state index in [4.69, 9.17) is 4.74 Å². The highest BCUT2D eigenvalue weighted by Crippen LogP contribution is 2.27. The largest absolute Gasteiger partial charge is 0.439 e. The van der Waals surface area contributed by atoms with Gasteiger partial charge >= 0.3 is 0 Å². The minimum absolute atomic E-state index is 0.194. The van der Waals surface area contributed by atoms with E-state index in [1.54, 1.807) is 6.92 Å². The zero-order valence-corrected chi connectivity index (χ0v) is 10.9. The second-order valence-electron chi connectivity index (χ2n) is 4.91. The monoisotopic (exact) mass is 256 g/mol. The third-order valence-electron chi connectivity index (χ3n) is 3.38. The predicted molar refractivity (Wildman–Crippen MR) is 72.8 cm³/mol. The van der Waals surface area contributed by atoms with E-state index in [1.165, 1.54) is 30.0 Å². The minimum Gasteiger partial charge on any atom is -0.439 e. The molecule has 0 bridgehead atoms. The normalized spacial score (nSPS) is 13.9. The SMILES string of the molecule is Cc1nc(Oc2ccc3c(c2)CCCC3)cc(=O)[nH]1. The number of nitrogens with one attached hydrogen (secondary N) is 1. The summed E-state index contributed by atoms with van der Waals surface area (Å²) in [7, 11) is 0. The molecule has 4 heteroatoms. The number of aromatic amines is 1. The fourth-order valence-electron chi connectivity index (χ4n) is 2.50. The maximum absolute atomic E-state index is 11.4. The molecule has 0 aliphatic heterocycles. The molecule has 2 aromatic rings. The van der Waals surface area contributed by atoms with E-state index >= 15 is 0 Å². The van der Waals surface area contributed by atoms with E-state index in [0.29, 0.717) is 11.7 Å². The van der Waals surface area contributed by atoms with Gasteiger partial charge in [-0.3, -0.25) is 4.79 Å². The van der Waals surface area contributed by atoms with Gasteiger partial charge in [-0.25, -0.2) is 4.98 Å². The molecule has 0 saturated carbocycles. The number of nitrogens with zero attached hydrogens (tertiary/aromatic N) is 1. The summed E-state index contributed by atoms with van der Waals surface area (Å²) in [4.78, 5) is 18.1. The predicted octanol–water partition coefficient (Wildman–Crippen LogP) is 2.75. The summed E-state index contributed by atoms with van der Waals surface area (Å²) < 4.78 is 5.67. The standard InChI is InChI=1S/C15H16N2O2/c1-10-16-14(18)9-15(17-10)19-13-7-6-11-4-2-3-5-12(11)8-13/h6-9H,2-5H2,1H3,(H,16,17,18). The molecule has 0 spiro atoms. The van der Waals surface area contributed by atoms with Crippen LogP contribution in [0.1, 0.15) is 29.8 Å². The highest BCUT2D eigenvalue weighted by Gasteiger charge is 2.10. The van der Waals surface area contributed by atoms with Crippen LogP contribution in [0.3, 0.4) is 0 Å². The first-order valence-corrected chi connectivity index (χ1v) is 6.58. The zero-order valence-electron chi connectivity index (χ0n) is 10.9. The molecule has 0 unspecified atom stereocenters. The van der Waals surface area contributed by atoms with Crippen molar-refractivity contribution in [2.24, 2.45) is 0 Å². The number of fused-ring (bicyclic) bond motifs is 1. The van der Waals surface area contributed by atoms with Crippen molar-refractivity contribution in [2.45, 2.75) is 32.6 Å². The maximum atomic E-state index is 11.4. The van der Waals surface area contributed by atoms with Crippen molar-refractivity contribution in [3.05, 3.63) is 51.6 Å². The Balaban J connectivity index is 1.88. The van der Waals surface area contributed by atoms with E-state index in [9.17, 15) is 4.79 Å². The Hall–Kier alpha value is -2.10. The molecular weight excluding hydrogens is 240 g/mol. The summed E-state index contributed by atoms with van der Waals surface area (Å²) in [5, 5.41) is 0. The van der Waals surface area contributed by atoms with Crippen molar-refractivity contribution in [3.63, 3.8) is 0 Å². The second kappa shape index (κ2) is 4.88. The van der Waals surface area contributed by atoms with E-state index < -0.39 is 0 Å². The van der Waals surface area contributed by atoms with Gasteiger partial charge in [0.2, 0.25) is 5.88 Å². The minimum atomic E-state index is -0.194. The number of aryl methyl sites for hydroxylation is 3. The van der Waals surface area contributed by atoms with E-state index in [2.05, 4.69) is 22.1 Å². The van der Waals surface area contributed by atoms with Crippen molar-refractivity contribution in [1.29, 1.82) is 0 Å². The van der Waals surface area contributed by atoms with Crippen LogP contribution in [0.5, 0.6) is 11.6 Å². The van der Waals surface area contributed by atoms with Gasteiger partial charge in [-0.05, 0) is 55.9 Å². The highest BCUT2D eigenvalue weighted by molar-refractivity contribution is 5.38. The molecule has 0 amide bonds. The highest BCUT2D eigenvalue weighted by atomic mass is 16.5. The molecular formula is C15H16N2O2. The van der Waals surface area contributed by atoms with Gasteiger partial charge in [0.15, 0.2) is 0 Å².